The lowest BCUT2D eigenvalue weighted by Crippen LogP contribution is -2.25. The Balaban J connectivity index is 2.30. The lowest BCUT2D eigenvalue weighted by atomic mass is 10.2. The first-order valence-electron chi connectivity index (χ1n) is 4.61. The van der Waals surface area contributed by atoms with Gasteiger partial charge >= 0.3 is 0 Å². The van der Waals surface area contributed by atoms with Crippen LogP contribution < -0.4 is 5.73 Å². The molecule has 0 spiro atoms. The molecule has 0 radical (unpaired) electrons. The Bertz CT molecular complexity index is 287. The Morgan fingerprint density at radius 1 is 1.43 bits per heavy atom. The molecular formula is C11H15NOS. The Morgan fingerprint density at radius 2 is 2.07 bits per heavy atom. The van der Waals surface area contributed by atoms with Crippen molar-refractivity contribution in [2.24, 2.45) is 5.73 Å². The van der Waals surface area contributed by atoms with E-state index in [1.165, 1.54) is 4.90 Å². The summed E-state index contributed by atoms with van der Waals surface area (Å²) in [5.74, 6) is 0.954. The fourth-order valence-corrected chi connectivity index (χ4v) is 2.02. The van der Waals surface area contributed by atoms with Gasteiger partial charge in [-0.3, -0.25) is 4.79 Å². The van der Waals surface area contributed by atoms with Crippen LogP contribution >= 0.6 is 11.8 Å². The number of benzene rings is 1. The van der Waals surface area contributed by atoms with Crippen LogP contribution in [0.4, 0.5) is 0 Å². The Kier molecular flexibility index (Phi) is 4.70. The molecule has 0 saturated carbocycles. The summed E-state index contributed by atoms with van der Waals surface area (Å²) in [6.07, 6.45) is 0.472. The van der Waals surface area contributed by atoms with Crippen molar-refractivity contribution in [1.82, 2.24) is 0 Å². The molecule has 14 heavy (non-hydrogen) atoms. The van der Waals surface area contributed by atoms with Crippen molar-refractivity contribution in [3.8, 4) is 0 Å². The van der Waals surface area contributed by atoms with Crippen molar-refractivity contribution in [2.45, 2.75) is 24.3 Å². The van der Waals surface area contributed by atoms with Gasteiger partial charge < -0.3 is 5.73 Å². The maximum atomic E-state index is 10.8. The van der Waals surface area contributed by atoms with Crippen LogP contribution in [-0.4, -0.2) is 17.6 Å². The molecule has 0 heterocycles. The maximum Gasteiger partial charge on any atom is 0.131 e. The highest BCUT2D eigenvalue weighted by Crippen LogP contribution is 2.17. The zero-order valence-electron chi connectivity index (χ0n) is 8.27. The molecule has 0 aromatic heterocycles. The van der Waals surface area contributed by atoms with E-state index in [4.69, 9.17) is 5.73 Å². The fourth-order valence-electron chi connectivity index (χ4n) is 1.15. The first-order valence-corrected chi connectivity index (χ1v) is 5.60. The van der Waals surface area contributed by atoms with Crippen molar-refractivity contribution in [1.29, 1.82) is 0 Å². The number of ketones is 1. The number of carbonyl (C=O) groups is 1. The lowest BCUT2D eigenvalue weighted by Gasteiger charge is -2.08. The van der Waals surface area contributed by atoms with Crippen LogP contribution in [-0.2, 0) is 4.79 Å². The first kappa shape index (κ1) is 11.3. The second-order valence-electron chi connectivity index (χ2n) is 3.29. The molecule has 0 bridgehead atoms. The number of carbonyl (C=O) groups excluding carboxylic acids is 1. The third-order valence-electron chi connectivity index (χ3n) is 1.76. The highest BCUT2D eigenvalue weighted by molar-refractivity contribution is 7.99. The van der Waals surface area contributed by atoms with Gasteiger partial charge in [0.05, 0.1) is 0 Å². The van der Waals surface area contributed by atoms with Crippen LogP contribution in [0.2, 0.25) is 0 Å². The minimum absolute atomic E-state index is 0.0299. The smallest absolute Gasteiger partial charge is 0.131 e. The monoisotopic (exact) mass is 209 g/mol. The number of nitrogens with two attached hydrogens (primary N) is 1. The summed E-state index contributed by atoms with van der Waals surface area (Å²) in [6, 6.07) is 10.0. The van der Waals surface area contributed by atoms with E-state index in [2.05, 4.69) is 0 Å². The van der Waals surface area contributed by atoms with Crippen LogP contribution in [0.3, 0.4) is 0 Å². The molecule has 2 nitrogen and oxygen atoms in total. The average Bonchev–Trinajstić information content (AvgIpc) is 2.15. The molecular weight excluding hydrogens is 194 g/mol. The molecule has 0 aliphatic heterocycles. The average molecular weight is 209 g/mol. The van der Waals surface area contributed by atoms with E-state index >= 15 is 0 Å². The van der Waals surface area contributed by atoms with E-state index in [0.29, 0.717) is 6.42 Å². The van der Waals surface area contributed by atoms with Crippen LogP contribution in [0, 0.1) is 0 Å². The van der Waals surface area contributed by atoms with E-state index in [1.54, 1.807) is 18.7 Å². The lowest BCUT2D eigenvalue weighted by molar-refractivity contribution is -0.117. The van der Waals surface area contributed by atoms with E-state index in [9.17, 15) is 4.79 Å². The molecule has 1 aromatic carbocycles. The van der Waals surface area contributed by atoms with Crippen LogP contribution in [0.1, 0.15) is 13.3 Å². The third kappa shape index (κ3) is 4.44. The topological polar surface area (TPSA) is 43.1 Å². The fraction of sp³-hybridized carbons (Fsp3) is 0.364. The molecule has 0 unspecified atom stereocenters. The molecule has 0 saturated heterocycles. The Hall–Kier alpha value is -0.800. The van der Waals surface area contributed by atoms with Gasteiger partial charge in [-0.1, -0.05) is 18.2 Å². The zero-order valence-corrected chi connectivity index (χ0v) is 9.09. The highest BCUT2D eigenvalue weighted by Gasteiger charge is 2.05. The summed E-state index contributed by atoms with van der Waals surface area (Å²) in [5, 5.41) is 0. The summed E-state index contributed by atoms with van der Waals surface area (Å²) in [5.41, 5.74) is 5.78. The van der Waals surface area contributed by atoms with Gasteiger partial charge in [-0.25, -0.2) is 0 Å². The molecule has 1 aromatic rings. The van der Waals surface area contributed by atoms with E-state index in [-0.39, 0.29) is 11.8 Å². The van der Waals surface area contributed by atoms with Gasteiger partial charge in [0.25, 0.3) is 0 Å². The molecule has 1 rings (SSSR count). The maximum absolute atomic E-state index is 10.8. The quantitative estimate of drug-likeness (QED) is 0.755. The second kappa shape index (κ2) is 5.83. The predicted octanol–water partition coefficient (Wildman–Crippen LogP) is 2.09. The Morgan fingerprint density at radius 3 is 2.64 bits per heavy atom. The molecule has 0 aliphatic carbocycles. The molecule has 0 amide bonds. The minimum atomic E-state index is -0.0299. The molecule has 0 fully saturated rings. The molecule has 3 heteroatoms. The SMILES string of the molecule is CC(=O)C[C@H](N)CSc1ccccc1. The van der Waals surface area contributed by atoms with Gasteiger partial charge in [0.2, 0.25) is 0 Å². The summed E-state index contributed by atoms with van der Waals surface area (Å²) < 4.78 is 0. The number of hydrogen-bond donors (Lipinski definition) is 1. The van der Waals surface area contributed by atoms with Crippen molar-refractivity contribution in [3.63, 3.8) is 0 Å². The van der Waals surface area contributed by atoms with Gasteiger partial charge in [-0.15, -0.1) is 11.8 Å². The number of rotatable bonds is 5. The van der Waals surface area contributed by atoms with E-state index < -0.39 is 0 Å². The van der Waals surface area contributed by atoms with Crippen molar-refractivity contribution < 1.29 is 4.79 Å². The Labute approximate surface area is 88.9 Å². The second-order valence-corrected chi connectivity index (χ2v) is 4.38. The van der Waals surface area contributed by atoms with Gasteiger partial charge in [0.1, 0.15) is 5.78 Å². The number of Topliss-reactive ketones (excluding diaryl/α,β-unsaturated/α-hetero) is 1. The van der Waals surface area contributed by atoms with Crippen LogP contribution in [0.5, 0.6) is 0 Å². The molecule has 1 atom stereocenters. The van der Waals surface area contributed by atoms with Gasteiger partial charge in [-0.05, 0) is 19.1 Å². The van der Waals surface area contributed by atoms with Crippen molar-refractivity contribution >= 4 is 17.5 Å². The van der Waals surface area contributed by atoms with Crippen molar-refractivity contribution in [2.75, 3.05) is 5.75 Å². The summed E-state index contributed by atoms with van der Waals surface area (Å²) in [4.78, 5) is 12.0. The van der Waals surface area contributed by atoms with Crippen LogP contribution in [0.25, 0.3) is 0 Å². The number of hydrogen-bond acceptors (Lipinski definition) is 3. The van der Waals surface area contributed by atoms with Gasteiger partial charge in [0.15, 0.2) is 0 Å². The molecule has 0 aliphatic rings. The molecule has 76 valence electrons. The standard InChI is InChI=1S/C11H15NOS/c1-9(13)7-10(12)8-14-11-5-3-2-4-6-11/h2-6,10H,7-8,12H2,1H3/t10-/m0/s1. The molecule has 2 N–H and O–H groups in total. The minimum Gasteiger partial charge on any atom is -0.327 e. The van der Waals surface area contributed by atoms with Gasteiger partial charge in [0, 0.05) is 23.1 Å². The zero-order chi connectivity index (χ0) is 10.4. The van der Waals surface area contributed by atoms with E-state index in [1.807, 2.05) is 30.3 Å². The van der Waals surface area contributed by atoms with Crippen LogP contribution in [0.15, 0.2) is 35.2 Å². The van der Waals surface area contributed by atoms with Gasteiger partial charge in [-0.2, -0.15) is 0 Å². The summed E-state index contributed by atoms with van der Waals surface area (Å²) in [6.45, 7) is 1.58. The third-order valence-corrected chi connectivity index (χ3v) is 2.96. The summed E-state index contributed by atoms with van der Waals surface area (Å²) >= 11 is 1.69. The highest BCUT2D eigenvalue weighted by atomic mass is 32.2. The largest absolute Gasteiger partial charge is 0.327 e. The van der Waals surface area contributed by atoms with Crippen molar-refractivity contribution in [3.05, 3.63) is 30.3 Å². The van der Waals surface area contributed by atoms with E-state index in [0.717, 1.165) is 5.75 Å². The normalized spacial score (nSPS) is 12.4. The first-order chi connectivity index (χ1) is 6.68. The number of thioether (sulfide) groups is 1. The summed E-state index contributed by atoms with van der Waals surface area (Å²) in [7, 11) is 0. The predicted molar refractivity (Wildman–Crippen MR) is 60.4 cm³/mol.